The topological polar surface area (TPSA) is 46.6 Å². The second kappa shape index (κ2) is 10.1. The minimum Gasteiger partial charge on any atom is -0.464 e. The van der Waals surface area contributed by atoms with Crippen molar-refractivity contribution in [1.82, 2.24) is 4.90 Å². The van der Waals surface area contributed by atoms with Crippen LogP contribution in [-0.2, 0) is 20.7 Å². The Bertz CT molecular complexity index is 545. The first kappa shape index (κ1) is 19.2. The number of aryl methyl sites for hydroxylation is 1. The summed E-state index contributed by atoms with van der Waals surface area (Å²) in [6, 6.07) is 6.90. The lowest BCUT2D eigenvalue weighted by molar-refractivity contribution is -0.154. The van der Waals surface area contributed by atoms with Gasteiger partial charge in [-0.15, -0.1) is 6.58 Å². The highest BCUT2D eigenvalue weighted by atomic mass is 35.5. The predicted octanol–water partition coefficient (Wildman–Crippen LogP) is 3.63. The van der Waals surface area contributed by atoms with Gasteiger partial charge < -0.3 is 9.64 Å². The summed E-state index contributed by atoms with van der Waals surface area (Å²) < 4.78 is 5.11. The molecular weight excluding hydrogens is 314 g/mol. The Labute approximate surface area is 143 Å². The molecule has 0 aliphatic carbocycles. The molecule has 1 atom stereocenters. The molecule has 1 aromatic carbocycles. The number of benzene rings is 1. The van der Waals surface area contributed by atoms with E-state index in [1.807, 2.05) is 18.2 Å². The van der Waals surface area contributed by atoms with Crippen molar-refractivity contribution in [3.05, 3.63) is 47.5 Å². The summed E-state index contributed by atoms with van der Waals surface area (Å²) in [5.41, 5.74) is 1.03. The number of ether oxygens (including phenoxy) is 1. The van der Waals surface area contributed by atoms with Crippen molar-refractivity contribution in [2.75, 3.05) is 13.7 Å². The van der Waals surface area contributed by atoms with Crippen molar-refractivity contribution in [2.45, 2.75) is 38.6 Å². The molecule has 0 aliphatic heterocycles. The molecule has 1 amide bonds. The van der Waals surface area contributed by atoms with Gasteiger partial charge in [-0.2, -0.15) is 0 Å². The Morgan fingerprint density at radius 1 is 1.43 bits per heavy atom. The van der Waals surface area contributed by atoms with Gasteiger partial charge in [0, 0.05) is 18.5 Å². The Morgan fingerprint density at radius 3 is 2.78 bits per heavy atom. The minimum atomic E-state index is -0.591. The first-order valence-electron chi connectivity index (χ1n) is 7.77. The van der Waals surface area contributed by atoms with Gasteiger partial charge in [-0.25, -0.2) is 4.79 Å². The number of rotatable bonds is 9. The summed E-state index contributed by atoms with van der Waals surface area (Å²) in [6.45, 7) is 5.66. The van der Waals surface area contributed by atoms with E-state index in [0.29, 0.717) is 37.3 Å². The number of nitrogens with zero attached hydrogens (tertiary/aromatic N) is 1. The largest absolute Gasteiger partial charge is 0.464 e. The Balaban J connectivity index is 2.77. The molecule has 126 valence electrons. The summed E-state index contributed by atoms with van der Waals surface area (Å²) >= 11 is 5.98. The molecule has 0 saturated carbocycles. The maximum atomic E-state index is 12.2. The van der Waals surface area contributed by atoms with Crippen LogP contribution in [0, 0.1) is 0 Å². The van der Waals surface area contributed by atoms with E-state index in [-0.39, 0.29) is 11.9 Å². The van der Waals surface area contributed by atoms with E-state index in [9.17, 15) is 9.59 Å². The number of carbonyl (C=O) groups excluding carboxylic acids is 2. The molecule has 5 heteroatoms. The second-order valence-corrected chi connectivity index (χ2v) is 5.70. The zero-order valence-electron chi connectivity index (χ0n) is 13.8. The molecule has 0 unspecified atom stereocenters. The predicted molar refractivity (Wildman–Crippen MR) is 92.4 cm³/mol. The van der Waals surface area contributed by atoms with Crippen molar-refractivity contribution >= 4 is 23.5 Å². The average Bonchev–Trinajstić information content (AvgIpc) is 2.53. The van der Waals surface area contributed by atoms with E-state index >= 15 is 0 Å². The van der Waals surface area contributed by atoms with E-state index in [4.69, 9.17) is 16.3 Å². The van der Waals surface area contributed by atoms with Gasteiger partial charge in [0.2, 0.25) is 5.91 Å². The van der Waals surface area contributed by atoms with Crippen LogP contribution >= 0.6 is 11.6 Å². The Hall–Kier alpha value is -1.81. The number of hydrogen-bond acceptors (Lipinski definition) is 3. The highest BCUT2D eigenvalue weighted by molar-refractivity contribution is 6.30. The average molecular weight is 338 g/mol. The third-order valence-electron chi connectivity index (χ3n) is 3.58. The van der Waals surface area contributed by atoms with Crippen molar-refractivity contribution in [1.29, 1.82) is 0 Å². The number of hydrogen-bond donors (Lipinski definition) is 0. The highest BCUT2D eigenvalue weighted by Gasteiger charge is 2.27. The number of amides is 1. The Morgan fingerprint density at radius 2 is 2.17 bits per heavy atom. The zero-order chi connectivity index (χ0) is 17.2. The first-order valence-corrected chi connectivity index (χ1v) is 8.15. The highest BCUT2D eigenvalue weighted by Crippen LogP contribution is 2.16. The lowest BCUT2D eigenvalue weighted by Gasteiger charge is -2.26. The minimum absolute atomic E-state index is 0.0888. The molecule has 23 heavy (non-hydrogen) atoms. The third-order valence-corrected chi connectivity index (χ3v) is 3.81. The molecule has 0 spiro atoms. The standard InChI is InChI=1S/C18H24ClNO3/c1-4-6-10-17(21)20(3)16(18(22)23-5-2)12-11-14-8-7-9-15(19)13-14/h4,7-9,13,16H,1,5-6,10-12H2,2-3H3/t16-/m0/s1. The Kier molecular flexibility index (Phi) is 8.41. The number of carbonyl (C=O) groups is 2. The van der Waals surface area contributed by atoms with E-state index in [0.717, 1.165) is 5.56 Å². The summed E-state index contributed by atoms with van der Waals surface area (Å²) in [7, 11) is 1.64. The molecule has 1 rings (SSSR count). The summed E-state index contributed by atoms with van der Waals surface area (Å²) in [6.07, 6.45) is 3.76. The van der Waals surface area contributed by atoms with Crippen molar-refractivity contribution in [2.24, 2.45) is 0 Å². The number of likely N-dealkylation sites (N-methyl/N-ethyl adjacent to an activating group) is 1. The lowest BCUT2D eigenvalue weighted by Crippen LogP contribution is -2.43. The molecule has 0 fully saturated rings. The van der Waals surface area contributed by atoms with E-state index in [1.54, 1.807) is 26.1 Å². The first-order chi connectivity index (χ1) is 11.0. The molecule has 0 bridgehead atoms. The van der Waals surface area contributed by atoms with Crippen molar-refractivity contribution < 1.29 is 14.3 Å². The van der Waals surface area contributed by atoms with Gasteiger partial charge in [-0.05, 0) is 43.9 Å². The normalized spacial score (nSPS) is 11.6. The molecule has 0 aliphatic rings. The van der Waals surface area contributed by atoms with Crippen LogP contribution in [0.5, 0.6) is 0 Å². The van der Waals surface area contributed by atoms with Crippen LogP contribution in [0.4, 0.5) is 0 Å². The zero-order valence-corrected chi connectivity index (χ0v) is 14.5. The SMILES string of the molecule is C=CCCC(=O)N(C)[C@@H](CCc1cccc(Cl)c1)C(=O)OCC. The van der Waals surface area contributed by atoms with Gasteiger partial charge in [0.15, 0.2) is 0 Å². The van der Waals surface area contributed by atoms with E-state index in [2.05, 4.69) is 6.58 Å². The maximum Gasteiger partial charge on any atom is 0.328 e. The lowest BCUT2D eigenvalue weighted by atomic mass is 10.0. The van der Waals surface area contributed by atoms with Gasteiger partial charge in [-0.3, -0.25) is 4.79 Å². The molecular formula is C18H24ClNO3. The fourth-order valence-electron chi connectivity index (χ4n) is 2.28. The van der Waals surface area contributed by atoms with E-state index < -0.39 is 6.04 Å². The van der Waals surface area contributed by atoms with Crippen molar-refractivity contribution in [3.8, 4) is 0 Å². The maximum absolute atomic E-state index is 12.2. The molecule has 0 saturated heterocycles. The van der Waals surface area contributed by atoms with Gasteiger partial charge in [-0.1, -0.05) is 29.8 Å². The van der Waals surface area contributed by atoms with Crippen LogP contribution in [0.2, 0.25) is 5.02 Å². The van der Waals surface area contributed by atoms with E-state index in [1.165, 1.54) is 4.90 Å². The molecule has 0 radical (unpaired) electrons. The number of allylic oxidation sites excluding steroid dienone is 1. The number of esters is 1. The fraction of sp³-hybridized carbons (Fsp3) is 0.444. The van der Waals surface area contributed by atoms with Gasteiger partial charge in [0.05, 0.1) is 6.61 Å². The van der Waals surface area contributed by atoms with Crippen molar-refractivity contribution in [3.63, 3.8) is 0 Å². The summed E-state index contributed by atoms with van der Waals surface area (Å²) in [4.78, 5) is 25.8. The van der Waals surface area contributed by atoms with Gasteiger partial charge >= 0.3 is 5.97 Å². The monoisotopic (exact) mass is 337 g/mol. The molecule has 1 aromatic rings. The van der Waals surface area contributed by atoms with Crippen LogP contribution in [-0.4, -0.2) is 36.5 Å². The third kappa shape index (κ3) is 6.45. The van der Waals surface area contributed by atoms with Crippen LogP contribution in [0.15, 0.2) is 36.9 Å². The van der Waals surface area contributed by atoms with Crippen LogP contribution in [0.1, 0.15) is 31.7 Å². The van der Waals surface area contributed by atoms with Crippen LogP contribution in [0.3, 0.4) is 0 Å². The summed E-state index contributed by atoms with van der Waals surface area (Å²) in [5.74, 6) is -0.460. The smallest absolute Gasteiger partial charge is 0.328 e. The fourth-order valence-corrected chi connectivity index (χ4v) is 2.49. The molecule has 0 aromatic heterocycles. The molecule has 0 N–H and O–H groups in total. The molecule has 0 heterocycles. The van der Waals surface area contributed by atoms with Gasteiger partial charge in [0.1, 0.15) is 6.04 Å². The second-order valence-electron chi connectivity index (χ2n) is 5.27. The van der Waals surface area contributed by atoms with Crippen LogP contribution in [0.25, 0.3) is 0 Å². The quantitative estimate of drug-likeness (QED) is 0.510. The van der Waals surface area contributed by atoms with Crippen LogP contribution < -0.4 is 0 Å². The molecule has 4 nitrogen and oxygen atoms in total. The summed E-state index contributed by atoms with van der Waals surface area (Å²) in [5, 5.41) is 0.658. The van der Waals surface area contributed by atoms with Gasteiger partial charge in [0.25, 0.3) is 0 Å². The number of halogens is 1.